The van der Waals surface area contributed by atoms with Crippen LogP contribution in [-0.2, 0) is 7.05 Å². The van der Waals surface area contributed by atoms with Crippen molar-refractivity contribution in [2.75, 3.05) is 0 Å². The standard InChI is InChI=1S/C16H14N3/c1-11-15-16-13(7-5-9-18(16)2)12-6-3-4-8-14(12)19(15)10-17-11/h3-10H,1-2H3/q+1. The molecule has 19 heavy (non-hydrogen) atoms. The molecule has 0 unspecified atom stereocenters. The maximum absolute atomic E-state index is 4.49. The van der Waals surface area contributed by atoms with Crippen LogP contribution >= 0.6 is 0 Å². The highest BCUT2D eigenvalue weighted by Crippen LogP contribution is 2.28. The number of fused-ring (bicyclic) bond motifs is 6. The Hall–Kier alpha value is -2.42. The molecule has 0 spiro atoms. The number of hydrogen-bond donors (Lipinski definition) is 0. The van der Waals surface area contributed by atoms with Gasteiger partial charge in [-0.1, -0.05) is 18.2 Å². The number of para-hydroxylation sites is 1. The van der Waals surface area contributed by atoms with Gasteiger partial charge in [0.1, 0.15) is 18.9 Å². The Labute approximate surface area is 110 Å². The van der Waals surface area contributed by atoms with Crippen molar-refractivity contribution in [2.24, 2.45) is 7.05 Å². The Balaban J connectivity index is 2.49. The Morgan fingerprint density at radius 2 is 1.84 bits per heavy atom. The Bertz CT molecular complexity index is 935. The van der Waals surface area contributed by atoms with Gasteiger partial charge in [-0.3, -0.25) is 4.40 Å². The van der Waals surface area contributed by atoms with Crippen LogP contribution in [0.4, 0.5) is 0 Å². The summed E-state index contributed by atoms with van der Waals surface area (Å²) in [7, 11) is 2.09. The zero-order valence-electron chi connectivity index (χ0n) is 11.0. The third-order valence-electron chi connectivity index (χ3n) is 3.81. The first kappa shape index (κ1) is 10.5. The summed E-state index contributed by atoms with van der Waals surface area (Å²) < 4.78 is 4.36. The van der Waals surface area contributed by atoms with E-state index in [1.165, 1.54) is 27.3 Å². The summed E-state index contributed by atoms with van der Waals surface area (Å²) in [6.45, 7) is 2.07. The Morgan fingerprint density at radius 1 is 1.05 bits per heavy atom. The second-order valence-corrected chi connectivity index (χ2v) is 4.95. The van der Waals surface area contributed by atoms with E-state index in [2.05, 4.69) is 70.5 Å². The molecule has 3 heteroatoms. The van der Waals surface area contributed by atoms with Crippen LogP contribution < -0.4 is 4.57 Å². The molecule has 1 aromatic carbocycles. The fourth-order valence-electron chi connectivity index (χ4n) is 2.94. The molecule has 0 amide bonds. The maximum Gasteiger partial charge on any atom is 0.239 e. The van der Waals surface area contributed by atoms with Gasteiger partial charge < -0.3 is 0 Å². The fraction of sp³-hybridized carbons (Fsp3) is 0.125. The summed E-state index contributed by atoms with van der Waals surface area (Å²) in [6, 6.07) is 12.8. The molecule has 3 heterocycles. The number of rotatable bonds is 0. The highest BCUT2D eigenvalue weighted by molar-refractivity contribution is 6.09. The summed E-state index contributed by atoms with van der Waals surface area (Å²) in [5, 5.41) is 2.54. The first-order valence-electron chi connectivity index (χ1n) is 6.40. The van der Waals surface area contributed by atoms with Crippen LogP contribution in [0.1, 0.15) is 5.69 Å². The Morgan fingerprint density at radius 3 is 2.74 bits per heavy atom. The van der Waals surface area contributed by atoms with Gasteiger partial charge >= 0.3 is 0 Å². The van der Waals surface area contributed by atoms with E-state index >= 15 is 0 Å². The number of imidazole rings is 1. The van der Waals surface area contributed by atoms with Gasteiger partial charge in [0.25, 0.3) is 0 Å². The average Bonchev–Trinajstić information content (AvgIpc) is 2.82. The summed E-state index contributed by atoms with van der Waals surface area (Å²) in [5.74, 6) is 0. The maximum atomic E-state index is 4.49. The van der Waals surface area contributed by atoms with E-state index in [1.54, 1.807) is 0 Å². The minimum absolute atomic E-state index is 1.07. The Kier molecular flexibility index (Phi) is 1.96. The number of aromatic nitrogens is 3. The molecule has 0 aliphatic rings. The van der Waals surface area contributed by atoms with Crippen LogP contribution in [0.2, 0.25) is 0 Å². The van der Waals surface area contributed by atoms with Gasteiger partial charge in [-0.2, -0.15) is 4.57 Å². The lowest BCUT2D eigenvalue weighted by Crippen LogP contribution is -2.28. The van der Waals surface area contributed by atoms with Gasteiger partial charge in [0.05, 0.1) is 16.6 Å². The van der Waals surface area contributed by atoms with E-state index in [4.69, 9.17) is 0 Å². The number of hydrogen-bond acceptors (Lipinski definition) is 1. The molecular weight excluding hydrogens is 234 g/mol. The smallest absolute Gasteiger partial charge is 0.239 e. The molecule has 0 N–H and O–H groups in total. The van der Waals surface area contributed by atoms with Crippen molar-refractivity contribution in [1.29, 1.82) is 0 Å². The second kappa shape index (κ2) is 3.54. The van der Waals surface area contributed by atoms with Crippen LogP contribution in [0.3, 0.4) is 0 Å². The van der Waals surface area contributed by atoms with E-state index in [-0.39, 0.29) is 0 Å². The lowest BCUT2D eigenvalue weighted by Gasteiger charge is -2.06. The largest absolute Gasteiger partial charge is 0.293 e. The van der Waals surface area contributed by atoms with Crippen molar-refractivity contribution < 1.29 is 4.57 Å². The monoisotopic (exact) mass is 248 g/mol. The van der Waals surface area contributed by atoms with Crippen LogP contribution in [-0.4, -0.2) is 9.38 Å². The normalized spacial score (nSPS) is 11.7. The second-order valence-electron chi connectivity index (χ2n) is 4.95. The molecule has 0 radical (unpaired) electrons. The molecule has 0 fully saturated rings. The summed E-state index contributed by atoms with van der Waals surface area (Å²) in [4.78, 5) is 4.49. The van der Waals surface area contributed by atoms with E-state index in [9.17, 15) is 0 Å². The van der Waals surface area contributed by atoms with Gasteiger partial charge in [0, 0.05) is 11.5 Å². The number of nitrogens with zero attached hydrogens (tertiary/aromatic N) is 3. The minimum Gasteiger partial charge on any atom is -0.293 e. The molecule has 3 nitrogen and oxygen atoms in total. The molecular formula is C16H14N3+. The molecule has 0 saturated heterocycles. The lowest BCUT2D eigenvalue weighted by atomic mass is 10.1. The highest BCUT2D eigenvalue weighted by atomic mass is 15.0. The van der Waals surface area contributed by atoms with E-state index in [0.29, 0.717) is 0 Å². The minimum atomic E-state index is 1.07. The molecule has 0 atom stereocenters. The molecule has 0 aliphatic heterocycles. The van der Waals surface area contributed by atoms with Crippen molar-refractivity contribution in [3.63, 3.8) is 0 Å². The van der Waals surface area contributed by atoms with Crippen LogP contribution in [0.25, 0.3) is 27.3 Å². The van der Waals surface area contributed by atoms with E-state index in [1.807, 2.05) is 6.33 Å². The SMILES string of the molecule is Cc1ncn2c3ccccc3c3ccc[n+](C)c3c12. The van der Waals surface area contributed by atoms with Crippen LogP contribution in [0.15, 0.2) is 48.9 Å². The zero-order chi connectivity index (χ0) is 13.0. The molecule has 0 aliphatic carbocycles. The summed E-state index contributed by atoms with van der Waals surface area (Å²) in [6.07, 6.45) is 4.00. The van der Waals surface area contributed by atoms with Crippen molar-refractivity contribution in [3.8, 4) is 0 Å². The van der Waals surface area contributed by atoms with Gasteiger partial charge in [-0.05, 0) is 19.1 Å². The zero-order valence-corrected chi connectivity index (χ0v) is 11.0. The molecule has 4 rings (SSSR count). The van der Waals surface area contributed by atoms with Crippen LogP contribution in [0, 0.1) is 6.92 Å². The molecule has 92 valence electrons. The topological polar surface area (TPSA) is 21.2 Å². The predicted molar refractivity (Wildman–Crippen MR) is 76.1 cm³/mol. The van der Waals surface area contributed by atoms with E-state index < -0.39 is 0 Å². The van der Waals surface area contributed by atoms with Crippen LogP contribution in [0.5, 0.6) is 0 Å². The molecule has 3 aromatic heterocycles. The van der Waals surface area contributed by atoms with Gasteiger partial charge in [-0.15, -0.1) is 0 Å². The third-order valence-corrected chi connectivity index (χ3v) is 3.81. The molecule has 0 bridgehead atoms. The average molecular weight is 248 g/mol. The van der Waals surface area contributed by atoms with Gasteiger partial charge in [0.2, 0.25) is 5.52 Å². The van der Waals surface area contributed by atoms with E-state index in [0.717, 1.165) is 5.69 Å². The molecule has 4 aromatic rings. The van der Waals surface area contributed by atoms with Crippen molar-refractivity contribution in [1.82, 2.24) is 9.38 Å². The van der Waals surface area contributed by atoms with Crippen molar-refractivity contribution in [3.05, 3.63) is 54.6 Å². The predicted octanol–water partition coefficient (Wildman–Crippen LogP) is 2.77. The lowest BCUT2D eigenvalue weighted by molar-refractivity contribution is -0.644. The number of benzene rings is 1. The number of aryl methyl sites for hydroxylation is 2. The summed E-state index contributed by atoms with van der Waals surface area (Å²) in [5.41, 5.74) is 4.70. The summed E-state index contributed by atoms with van der Waals surface area (Å²) >= 11 is 0. The fourth-order valence-corrected chi connectivity index (χ4v) is 2.94. The third kappa shape index (κ3) is 1.27. The van der Waals surface area contributed by atoms with Gasteiger partial charge in [0.15, 0.2) is 6.20 Å². The molecule has 0 saturated carbocycles. The quantitative estimate of drug-likeness (QED) is 0.346. The first-order chi connectivity index (χ1) is 9.27. The number of pyridine rings is 2. The first-order valence-corrected chi connectivity index (χ1v) is 6.40. The highest BCUT2D eigenvalue weighted by Gasteiger charge is 2.17. The van der Waals surface area contributed by atoms with Gasteiger partial charge in [-0.25, -0.2) is 4.98 Å². The van der Waals surface area contributed by atoms with Crippen molar-refractivity contribution in [2.45, 2.75) is 6.92 Å². The van der Waals surface area contributed by atoms with Crippen molar-refractivity contribution >= 4 is 27.3 Å².